The number of benzene rings is 1. The minimum atomic E-state index is 0.648. The zero-order valence-corrected chi connectivity index (χ0v) is 9.83. The fourth-order valence-corrected chi connectivity index (χ4v) is 2.27. The topological polar surface area (TPSA) is 15.6 Å². The molecule has 2 nitrogen and oxygen atoms in total. The molecule has 0 aromatic heterocycles. The zero-order valence-electron chi connectivity index (χ0n) is 8.32. The van der Waals surface area contributed by atoms with E-state index in [9.17, 15) is 0 Å². The molecular weight excluding hydrogens is 243 g/mol. The van der Waals surface area contributed by atoms with Crippen LogP contribution in [0.2, 0.25) is 10.0 Å². The monoisotopic (exact) mass is 250 g/mol. The van der Waals surface area contributed by atoms with Crippen molar-refractivity contribution in [3.63, 3.8) is 0 Å². The molecule has 0 saturated carbocycles. The Morgan fingerprint density at radius 3 is 2.81 bits per heavy atom. The first-order chi connectivity index (χ1) is 7.75. The smallest absolute Gasteiger partial charge is 0.133 e. The fraction of sp³-hybridized carbons (Fsp3) is 0.0833. The van der Waals surface area contributed by atoms with Gasteiger partial charge in [-0.25, -0.2) is 4.99 Å². The van der Waals surface area contributed by atoms with E-state index in [0.717, 1.165) is 17.1 Å². The first kappa shape index (κ1) is 9.94. The van der Waals surface area contributed by atoms with Crippen molar-refractivity contribution in [2.75, 3.05) is 0 Å². The van der Waals surface area contributed by atoms with Crippen molar-refractivity contribution in [1.82, 2.24) is 4.90 Å². The van der Waals surface area contributed by atoms with E-state index < -0.39 is 0 Å². The molecule has 0 N–H and O–H groups in total. The summed E-state index contributed by atoms with van der Waals surface area (Å²) in [5.74, 6) is 0.902. The van der Waals surface area contributed by atoms with Gasteiger partial charge in [-0.15, -0.1) is 0 Å². The van der Waals surface area contributed by atoms with E-state index in [4.69, 9.17) is 23.2 Å². The lowest BCUT2D eigenvalue weighted by Gasteiger charge is -2.28. The Morgan fingerprint density at radius 1 is 1.12 bits per heavy atom. The first-order valence-corrected chi connectivity index (χ1v) is 5.68. The van der Waals surface area contributed by atoms with Crippen LogP contribution in [-0.2, 0) is 6.54 Å². The Labute approximate surface area is 103 Å². The lowest BCUT2D eigenvalue weighted by Crippen LogP contribution is -2.27. The predicted octanol–water partition coefficient (Wildman–Crippen LogP) is 3.92. The molecule has 4 heteroatoms. The van der Waals surface area contributed by atoms with Crippen molar-refractivity contribution in [2.45, 2.75) is 6.54 Å². The van der Waals surface area contributed by atoms with Crippen molar-refractivity contribution in [1.29, 1.82) is 0 Å². The standard InChI is InChI=1S/C12H8Cl2N2/c13-9-4-5-10(14)12-8(9)7-16-6-2-1-3-11(16)15-12/h1-6H,7H2. The normalized spacial score (nSPS) is 16.9. The van der Waals surface area contributed by atoms with Gasteiger partial charge in [0, 0.05) is 16.8 Å². The molecule has 3 rings (SSSR count). The Balaban J connectivity index is 2.21. The van der Waals surface area contributed by atoms with Gasteiger partial charge in [0.25, 0.3) is 0 Å². The van der Waals surface area contributed by atoms with Crippen molar-refractivity contribution < 1.29 is 0 Å². The fourth-order valence-electron chi connectivity index (χ4n) is 1.84. The second kappa shape index (κ2) is 3.65. The van der Waals surface area contributed by atoms with Gasteiger partial charge in [0.05, 0.1) is 17.3 Å². The summed E-state index contributed by atoms with van der Waals surface area (Å²) in [5.41, 5.74) is 1.78. The summed E-state index contributed by atoms with van der Waals surface area (Å²) >= 11 is 12.3. The highest BCUT2D eigenvalue weighted by molar-refractivity contribution is 6.36. The van der Waals surface area contributed by atoms with E-state index >= 15 is 0 Å². The van der Waals surface area contributed by atoms with Gasteiger partial charge in [-0.3, -0.25) is 0 Å². The van der Waals surface area contributed by atoms with Gasteiger partial charge in [0.2, 0.25) is 0 Å². The summed E-state index contributed by atoms with van der Waals surface area (Å²) < 4.78 is 0. The van der Waals surface area contributed by atoms with Crippen molar-refractivity contribution in [2.24, 2.45) is 4.99 Å². The van der Waals surface area contributed by atoms with E-state index in [-0.39, 0.29) is 0 Å². The summed E-state index contributed by atoms with van der Waals surface area (Å²) in [5, 5.41) is 1.36. The molecule has 0 spiro atoms. The van der Waals surface area contributed by atoms with Crippen LogP contribution in [0.3, 0.4) is 0 Å². The lowest BCUT2D eigenvalue weighted by molar-refractivity contribution is 0.544. The average Bonchev–Trinajstić information content (AvgIpc) is 2.32. The van der Waals surface area contributed by atoms with Crippen molar-refractivity contribution >= 4 is 34.7 Å². The number of allylic oxidation sites excluding steroid dienone is 2. The highest BCUT2D eigenvalue weighted by Crippen LogP contribution is 2.38. The molecule has 2 aliphatic heterocycles. The van der Waals surface area contributed by atoms with E-state index in [0.29, 0.717) is 16.6 Å². The van der Waals surface area contributed by atoms with Gasteiger partial charge >= 0.3 is 0 Å². The van der Waals surface area contributed by atoms with Crippen molar-refractivity contribution in [3.8, 4) is 0 Å². The summed E-state index contributed by atoms with van der Waals surface area (Å²) in [7, 11) is 0. The second-order valence-electron chi connectivity index (χ2n) is 3.65. The van der Waals surface area contributed by atoms with Crippen LogP contribution < -0.4 is 0 Å². The van der Waals surface area contributed by atoms with Gasteiger partial charge in [-0.2, -0.15) is 0 Å². The number of rotatable bonds is 0. The van der Waals surface area contributed by atoms with Gasteiger partial charge in [0.15, 0.2) is 0 Å². The van der Waals surface area contributed by atoms with E-state index in [1.165, 1.54) is 0 Å². The SMILES string of the molecule is Clc1ccc(Cl)c2c1CN1C=CC=CC1=N2. The third-order valence-corrected chi connectivity index (χ3v) is 3.31. The summed E-state index contributed by atoms with van der Waals surface area (Å²) in [6, 6.07) is 3.59. The molecule has 0 saturated heterocycles. The number of hydrogen-bond acceptors (Lipinski definition) is 2. The lowest BCUT2D eigenvalue weighted by atomic mass is 10.1. The molecule has 80 valence electrons. The largest absolute Gasteiger partial charge is 0.328 e. The quantitative estimate of drug-likeness (QED) is 0.682. The van der Waals surface area contributed by atoms with Crippen LogP contribution in [0.25, 0.3) is 0 Å². The molecule has 2 aliphatic rings. The van der Waals surface area contributed by atoms with Crippen molar-refractivity contribution in [3.05, 3.63) is 52.2 Å². The molecule has 1 aromatic rings. The molecule has 0 atom stereocenters. The highest BCUT2D eigenvalue weighted by Gasteiger charge is 2.21. The Hall–Kier alpha value is -1.25. The van der Waals surface area contributed by atoms with Gasteiger partial charge in [0.1, 0.15) is 5.84 Å². The molecule has 16 heavy (non-hydrogen) atoms. The maximum Gasteiger partial charge on any atom is 0.133 e. The average molecular weight is 251 g/mol. The third kappa shape index (κ3) is 1.46. The van der Waals surface area contributed by atoms with Crippen LogP contribution in [0.15, 0.2) is 41.6 Å². The number of hydrogen-bond donors (Lipinski definition) is 0. The van der Waals surface area contributed by atoms with Gasteiger partial charge in [-0.1, -0.05) is 29.3 Å². The second-order valence-corrected chi connectivity index (χ2v) is 4.47. The molecule has 2 heterocycles. The number of amidine groups is 1. The van der Waals surface area contributed by atoms with E-state index in [1.54, 1.807) is 6.07 Å². The molecule has 0 bridgehead atoms. The minimum Gasteiger partial charge on any atom is -0.328 e. The summed E-state index contributed by atoms with van der Waals surface area (Å²) in [6.45, 7) is 0.717. The molecule has 0 amide bonds. The summed E-state index contributed by atoms with van der Waals surface area (Å²) in [4.78, 5) is 6.56. The Morgan fingerprint density at radius 2 is 1.94 bits per heavy atom. The molecule has 0 radical (unpaired) electrons. The van der Waals surface area contributed by atoms with Crippen LogP contribution in [0, 0.1) is 0 Å². The highest BCUT2D eigenvalue weighted by atomic mass is 35.5. The van der Waals surface area contributed by atoms with E-state index in [1.807, 2.05) is 35.4 Å². The number of fused-ring (bicyclic) bond motifs is 2. The molecular formula is C12H8Cl2N2. The Kier molecular flexibility index (Phi) is 2.27. The maximum atomic E-state index is 6.15. The third-order valence-electron chi connectivity index (χ3n) is 2.65. The first-order valence-electron chi connectivity index (χ1n) is 4.93. The number of aliphatic imine (C=N–C) groups is 1. The van der Waals surface area contributed by atoms with E-state index in [2.05, 4.69) is 4.99 Å². The minimum absolute atomic E-state index is 0.648. The van der Waals surface area contributed by atoms with Crippen LogP contribution in [0.1, 0.15) is 5.56 Å². The summed E-state index contributed by atoms with van der Waals surface area (Å²) in [6.07, 6.45) is 7.88. The number of nitrogens with zero attached hydrogens (tertiary/aromatic N) is 2. The van der Waals surface area contributed by atoms with Gasteiger partial charge < -0.3 is 4.90 Å². The predicted molar refractivity (Wildman–Crippen MR) is 67.4 cm³/mol. The van der Waals surface area contributed by atoms with Crippen LogP contribution >= 0.6 is 23.2 Å². The zero-order chi connectivity index (χ0) is 11.1. The molecule has 0 fully saturated rings. The van der Waals surface area contributed by atoms with Gasteiger partial charge in [-0.05, 0) is 24.3 Å². The molecule has 0 aliphatic carbocycles. The van der Waals surface area contributed by atoms with Crippen LogP contribution in [0.5, 0.6) is 0 Å². The maximum absolute atomic E-state index is 6.15. The molecule has 0 unspecified atom stereocenters. The molecule has 1 aromatic carbocycles. The van der Waals surface area contributed by atoms with Crippen LogP contribution in [-0.4, -0.2) is 10.7 Å². The van der Waals surface area contributed by atoms with Crippen LogP contribution in [0.4, 0.5) is 5.69 Å². The number of halogens is 2. The Bertz CT molecular complexity index is 544.